The number of halogens is 1. The molecule has 4 rings (SSSR count). The van der Waals surface area contributed by atoms with Crippen molar-refractivity contribution in [3.8, 4) is 0 Å². The Morgan fingerprint density at radius 3 is 2.47 bits per heavy atom. The van der Waals surface area contributed by atoms with Crippen molar-refractivity contribution < 1.29 is 8.42 Å². The minimum absolute atomic E-state index is 0.0595. The van der Waals surface area contributed by atoms with Crippen LogP contribution in [-0.2, 0) is 29.3 Å². The molecule has 0 aliphatic heterocycles. The zero-order valence-corrected chi connectivity index (χ0v) is 19.8. The number of rotatable bonds is 8. The number of pyridine rings is 1. The summed E-state index contributed by atoms with van der Waals surface area (Å²) in [5.74, 6) is 0.781. The first-order chi connectivity index (χ1) is 15.3. The second kappa shape index (κ2) is 9.19. The molecular formula is C23H27ClN4O3S. The molecule has 1 saturated carbocycles. The minimum atomic E-state index is -3.24. The summed E-state index contributed by atoms with van der Waals surface area (Å²) in [5, 5.41) is 3.55. The molecule has 7 nitrogen and oxygen atoms in total. The largest absolute Gasteiger partial charge is 0.361 e. The van der Waals surface area contributed by atoms with E-state index in [1.807, 2.05) is 13.0 Å². The zero-order chi connectivity index (χ0) is 22.9. The molecule has 0 unspecified atom stereocenters. The average molecular weight is 475 g/mol. The average Bonchev–Trinajstić information content (AvgIpc) is 2.76. The summed E-state index contributed by atoms with van der Waals surface area (Å²) in [6.45, 7) is 4.58. The highest BCUT2D eigenvalue weighted by Crippen LogP contribution is 2.29. The first kappa shape index (κ1) is 22.7. The lowest BCUT2D eigenvalue weighted by Crippen LogP contribution is -2.30. The molecule has 0 spiro atoms. The van der Waals surface area contributed by atoms with E-state index in [0.717, 1.165) is 30.4 Å². The van der Waals surface area contributed by atoms with Crippen LogP contribution in [0.1, 0.15) is 44.2 Å². The molecular weight excluding hydrogens is 448 g/mol. The zero-order valence-electron chi connectivity index (χ0n) is 18.3. The van der Waals surface area contributed by atoms with E-state index in [1.165, 1.54) is 6.42 Å². The lowest BCUT2D eigenvalue weighted by atomic mass is 9.85. The molecule has 9 heteroatoms. The Labute approximate surface area is 192 Å². The Hall–Kier alpha value is -2.45. The van der Waals surface area contributed by atoms with Gasteiger partial charge in [-0.25, -0.2) is 18.4 Å². The minimum Gasteiger partial charge on any atom is -0.361 e. The Bertz CT molecular complexity index is 1300. The van der Waals surface area contributed by atoms with E-state index in [4.69, 9.17) is 11.6 Å². The van der Waals surface area contributed by atoms with Gasteiger partial charge in [-0.1, -0.05) is 44.0 Å². The molecule has 0 bridgehead atoms. The Balaban J connectivity index is 1.66. The van der Waals surface area contributed by atoms with Gasteiger partial charge >= 0.3 is 0 Å². The van der Waals surface area contributed by atoms with E-state index < -0.39 is 9.84 Å². The normalized spacial score (nSPS) is 14.5. The molecule has 32 heavy (non-hydrogen) atoms. The summed E-state index contributed by atoms with van der Waals surface area (Å²) < 4.78 is 25.7. The van der Waals surface area contributed by atoms with Crippen molar-refractivity contribution in [1.29, 1.82) is 0 Å². The maximum absolute atomic E-state index is 13.2. The fourth-order valence-electron chi connectivity index (χ4n) is 3.82. The lowest BCUT2D eigenvalue weighted by molar-refractivity contribution is 0.276. The van der Waals surface area contributed by atoms with Gasteiger partial charge in [0.25, 0.3) is 5.56 Å². The summed E-state index contributed by atoms with van der Waals surface area (Å²) >= 11 is 6.34. The van der Waals surface area contributed by atoms with Gasteiger partial charge in [-0.2, -0.15) is 0 Å². The first-order valence-electron chi connectivity index (χ1n) is 11.0. The van der Waals surface area contributed by atoms with Gasteiger partial charge in [0, 0.05) is 13.1 Å². The number of nitrogens with one attached hydrogen (secondary N) is 1. The Morgan fingerprint density at radius 1 is 1.16 bits per heavy atom. The Morgan fingerprint density at radius 2 is 1.88 bits per heavy atom. The fourth-order valence-corrected chi connectivity index (χ4v) is 4.97. The molecule has 1 fully saturated rings. The maximum atomic E-state index is 13.2. The maximum Gasteiger partial charge on any atom is 0.294 e. The van der Waals surface area contributed by atoms with Gasteiger partial charge in [-0.3, -0.25) is 9.36 Å². The standard InChI is InChI=1S/C23H27ClN4O3S/c1-3-17-12-19-22(27-20(17)24)28(14-16-6-5-7-16)23(29)21(26-19)25-13-15-8-10-18(11-9-15)32(30,31)4-2/h8-12,16H,3-7,13-14H2,1-2H3,(H,25,26). The number of aromatic nitrogens is 3. The van der Waals surface area contributed by atoms with Gasteiger partial charge in [0.2, 0.25) is 0 Å². The van der Waals surface area contributed by atoms with Crippen LogP contribution in [0.15, 0.2) is 40.0 Å². The third-order valence-corrected chi connectivity index (χ3v) is 8.19. The molecule has 1 N–H and O–H groups in total. The van der Waals surface area contributed by atoms with E-state index in [2.05, 4.69) is 15.3 Å². The smallest absolute Gasteiger partial charge is 0.294 e. The highest BCUT2D eigenvalue weighted by atomic mass is 35.5. The van der Waals surface area contributed by atoms with Crippen molar-refractivity contribution in [2.24, 2.45) is 5.92 Å². The summed E-state index contributed by atoms with van der Waals surface area (Å²) in [6.07, 6.45) is 4.12. The summed E-state index contributed by atoms with van der Waals surface area (Å²) in [5.41, 5.74) is 2.68. The third-order valence-electron chi connectivity index (χ3n) is 6.11. The predicted molar refractivity (Wildman–Crippen MR) is 127 cm³/mol. The molecule has 0 radical (unpaired) electrons. The predicted octanol–water partition coefficient (Wildman–Crippen LogP) is 4.21. The molecule has 0 saturated heterocycles. The van der Waals surface area contributed by atoms with Gasteiger partial charge in [-0.05, 0) is 54.5 Å². The monoisotopic (exact) mass is 474 g/mol. The first-order valence-corrected chi connectivity index (χ1v) is 13.0. The number of nitrogens with zero attached hydrogens (tertiary/aromatic N) is 3. The van der Waals surface area contributed by atoms with Crippen LogP contribution in [0, 0.1) is 5.92 Å². The molecule has 0 amide bonds. The molecule has 0 atom stereocenters. The SMILES string of the molecule is CCc1cc2nc(NCc3ccc(S(=O)(=O)CC)cc3)c(=O)n(CC3CCC3)c2nc1Cl. The number of sulfone groups is 1. The van der Waals surface area contributed by atoms with Gasteiger partial charge in [-0.15, -0.1) is 0 Å². The fraction of sp³-hybridized carbons (Fsp3) is 0.435. The van der Waals surface area contributed by atoms with Gasteiger partial charge in [0.15, 0.2) is 21.3 Å². The molecule has 170 valence electrons. The Kier molecular flexibility index (Phi) is 6.53. The van der Waals surface area contributed by atoms with Crippen LogP contribution < -0.4 is 10.9 Å². The number of hydrogen-bond donors (Lipinski definition) is 1. The summed E-state index contributed by atoms with van der Waals surface area (Å²) in [7, 11) is -3.24. The molecule has 1 aliphatic rings. The van der Waals surface area contributed by atoms with Crippen molar-refractivity contribution >= 4 is 38.4 Å². The van der Waals surface area contributed by atoms with Crippen LogP contribution >= 0.6 is 11.6 Å². The van der Waals surface area contributed by atoms with E-state index in [0.29, 0.717) is 40.2 Å². The topological polar surface area (TPSA) is 94.0 Å². The van der Waals surface area contributed by atoms with E-state index in [9.17, 15) is 13.2 Å². The van der Waals surface area contributed by atoms with E-state index in [1.54, 1.807) is 35.8 Å². The van der Waals surface area contributed by atoms with Crippen LogP contribution in [0.5, 0.6) is 0 Å². The van der Waals surface area contributed by atoms with Gasteiger partial charge < -0.3 is 5.32 Å². The van der Waals surface area contributed by atoms with Crippen LogP contribution in [0.3, 0.4) is 0 Å². The highest BCUT2D eigenvalue weighted by Gasteiger charge is 2.22. The highest BCUT2D eigenvalue weighted by molar-refractivity contribution is 7.91. The quantitative estimate of drug-likeness (QED) is 0.491. The van der Waals surface area contributed by atoms with Crippen LogP contribution in [0.4, 0.5) is 5.82 Å². The molecule has 1 aliphatic carbocycles. The van der Waals surface area contributed by atoms with Crippen LogP contribution in [-0.4, -0.2) is 28.7 Å². The summed E-state index contributed by atoms with van der Waals surface area (Å²) in [4.78, 5) is 22.6. The second-order valence-electron chi connectivity index (χ2n) is 8.21. The van der Waals surface area contributed by atoms with Gasteiger partial charge in [0.1, 0.15) is 10.7 Å². The van der Waals surface area contributed by atoms with Gasteiger partial charge in [0.05, 0.1) is 10.6 Å². The number of fused-ring (bicyclic) bond motifs is 1. The number of anilines is 1. The number of aryl methyl sites for hydroxylation is 1. The lowest BCUT2D eigenvalue weighted by Gasteiger charge is -2.26. The third kappa shape index (κ3) is 4.52. The van der Waals surface area contributed by atoms with Crippen LogP contribution in [0.2, 0.25) is 5.15 Å². The van der Waals surface area contributed by atoms with E-state index >= 15 is 0 Å². The number of hydrogen-bond acceptors (Lipinski definition) is 6. The van der Waals surface area contributed by atoms with Crippen molar-refractivity contribution in [1.82, 2.24) is 14.5 Å². The molecule has 3 aromatic rings. The van der Waals surface area contributed by atoms with E-state index in [-0.39, 0.29) is 17.1 Å². The van der Waals surface area contributed by atoms with Crippen molar-refractivity contribution in [2.45, 2.75) is 57.5 Å². The summed E-state index contributed by atoms with van der Waals surface area (Å²) in [6, 6.07) is 8.59. The molecule has 1 aromatic carbocycles. The number of benzene rings is 1. The molecule has 2 heterocycles. The van der Waals surface area contributed by atoms with Crippen molar-refractivity contribution in [2.75, 3.05) is 11.1 Å². The van der Waals surface area contributed by atoms with Crippen molar-refractivity contribution in [3.63, 3.8) is 0 Å². The second-order valence-corrected chi connectivity index (χ2v) is 10.8. The van der Waals surface area contributed by atoms with Crippen LogP contribution in [0.25, 0.3) is 11.2 Å². The molecule has 2 aromatic heterocycles. The van der Waals surface area contributed by atoms with Crippen molar-refractivity contribution in [3.05, 3.63) is 57.0 Å².